The predicted molar refractivity (Wildman–Crippen MR) is 145 cm³/mol. The first kappa shape index (κ1) is 24.9. The Bertz CT molecular complexity index is 1530. The molecule has 0 saturated heterocycles. The Morgan fingerprint density at radius 3 is 2.11 bits per heavy atom. The molecule has 0 aliphatic carbocycles. The largest absolute Gasteiger partial charge is 0.497 e. The average molecular weight is 511 g/mol. The van der Waals surface area contributed by atoms with E-state index < -0.39 is 5.82 Å². The van der Waals surface area contributed by atoms with Crippen LogP contribution in [-0.2, 0) is 6.61 Å². The summed E-state index contributed by atoms with van der Waals surface area (Å²) in [6.07, 6.45) is 1.73. The second-order valence-corrected chi connectivity index (χ2v) is 8.50. The SMILES string of the molecule is COc1ccc(-n2cnc(-c3ccc(OC)c(F)c3)c2-c2ccc(OC)c(OCc3ccccc3)c2)cc1. The number of hydrogen-bond donors (Lipinski definition) is 0. The van der Waals surface area contributed by atoms with Crippen LogP contribution < -0.4 is 18.9 Å². The molecule has 0 saturated carbocycles. The molecule has 4 aromatic carbocycles. The molecule has 6 nitrogen and oxygen atoms in total. The van der Waals surface area contributed by atoms with Crippen LogP contribution in [-0.4, -0.2) is 30.9 Å². The van der Waals surface area contributed by atoms with Gasteiger partial charge in [0.15, 0.2) is 23.1 Å². The van der Waals surface area contributed by atoms with Crippen molar-refractivity contribution >= 4 is 0 Å². The fourth-order valence-corrected chi connectivity index (χ4v) is 4.26. The van der Waals surface area contributed by atoms with Gasteiger partial charge < -0.3 is 18.9 Å². The Kier molecular flexibility index (Phi) is 7.26. The summed E-state index contributed by atoms with van der Waals surface area (Å²) in [4.78, 5) is 4.70. The molecule has 0 aliphatic rings. The van der Waals surface area contributed by atoms with E-state index in [-0.39, 0.29) is 5.75 Å². The van der Waals surface area contributed by atoms with Gasteiger partial charge in [0.05, 0.1) is 32.7 Å². The smallest absolute Gasteiger partial charge is 0.165 e. The maximum atomic E-state index is 14.7. The van der Waals surface area contributed by atoms with Crippen molar-refractivity contribution in [2.24, 2.45) is 0 Å². The molecule has 0 atom stereocenters. The number of aromatic nitrogens is 2. The summed E-state index contributed by atoms with van der Waals surface area (Å²) in [5.74, 6) is 1.65. The van der Waals surface area contributed by atoms with E-state index in [2.05, 4.69) is 0 Å². The summed E-state index contributed by atoms with van der Waals surface area (Å²) in [6, 6.07) is 28.1. The minimum Gasteiger partial charge on any atom is -0.497 e. The number of hydrogen-bond acceptors (Lipinski definition) is 5. The first-order chi connectivity index (χ1) is 18.6. The van der Waals surface area contributed by atoms with Gasteiger partial charge in [0.2, 0.25) is 0 Å². The van der Waals surface area contributed by atoms with Crippen LogP contribution in [0.2, 0.25) is 0 Å². The number of imidazole rings is 1. The van der Waals surface area contributed by atoms with Crippen LogP contribution in [0, 0.1) is 5.82 Å². The fraction of sp³-hybridized carbons (Fsp3) is 0.129. The van der Waals surface area contributed by atoms with Gasteiger partial charge in [0, 0.05) is 16.8 Å². The summed E-state index contributed by atoms with van der Waals surface area (Å²) >= 11 is 0. The van der Waals surface area contributed by atoms with Crippen LogP contribution in [0.3, 0.4) is 0 Å². The Morgan fingerprint density at radius 2 is 1.42 bits per heavy atom. The van der Waals surface area contributed by atoms with Gasteiger partial charge in [-0.15, -0.1) is 0 Å². The molecule has 5 rings (SSSR count). The molecule has 1 aromatic heterocycles. The molecule has 7 heteroatoms. The zero-order chi connectivity index (χ0) is 26.5. The highest BCUT2D eigenvalue weighted by molar-refractivity contribution is 5.81. The van der Waals surface area contributed by atoms with Crippen molar-refractivity contribution in [2.75, 3.05) is 21.3 Å². The normalized spacial score (nSPS) is 10.7. The van der Waals surface area contributed by atoms with E-state index in [9.17, 15) is 4.39 Å². The van der Waals surface area contributed by atoms with Gasteiger partial charge in [0.1, 0.15) is 18.7 Å². The molecule has 0 N–H and O–H groups in total. The summed E-state index contributed by atoms with van der Waals surface area (Å²) in [6.45, 7) is 0.384. The van der Waals surface area contributed by atoms with Gasteiger partial charge in [0.25, 0.3) is 0 Å². The summed E-state index contributed by atoms with van der Waals surface area (Å²) in [7, 11) is 4.68. The van der Waals surface area contributed by atoms with Crippen LogP contribution >= 0.6 is 0 Å². The van der Waals surface area contributed by atoms with E-state index in [0.29, 0.717) is 29.4 Å². The van der Waals surface area contributed by atoms with Crippen LogP contribution in [0.5, 0.6) is 23.0 Å². The Balaban J connectivity index is 1.63. The monoisotopic (exact) mass is 510 g/mol. The molecule has 5 aromatic rings. The summed E-state index contributed by atoms with van der Waals surface area (Å²) in [5.41, 5.74) is 4.74. The van der Waals surface area contributed by atoms with E-state index in [0.717, 1.165) is 28.3 Å². The molecule has 0 amide bonds. The van der Waals surface area contributed by atoms with Crippen molar-refractivity contribution in [3.05, 3.63) is 109 Å². The molecule has 0 fully saturated rings. The van der Waals surface area contributed by atoms with Crippen LogP contribution in [0.4, 0.5) is 4.39 Å². The maximum Gasteiger partial charge on any atom is 0.165 e. The van der Waals surface area contributed by atoms with Gasteiger partial charge in [-0.1, -0.05) is 30.3 Å². The van der Waals surface area contributed by atoms with Crippen LogP contribution in [0.25, 0.3) is 28.2 Å². The van der Waals surface area contributed by atoms with E-state index in [1.165, 1.54) is 13.2 Å². The van der Waals surface area contributed by atoms with Crippen molar-refractivity contribution in [1.29, 1.82) is 0 Å². The van der Waals surface area contributed by atoms with Gasteiger partial charge in [-0.25, -0.2) is 9.37 Å². The molecule has 0 spiro atoms. The fourth-order valence-electron chi connectivity index (χ4n) is 4.26. The molecule has 1 heterocycles. The Hall–Kier alpha value is -4.78. The number of rotatable bonds is 9. The highest BCUT2D eigenvalue weighted by Crippen LogP contribution is 2.39. The van der Waals surface area contributed by atoms with Crippen molar-refractivity contribution in [3.63, 3.8) is 0 Å². The summed E-state index contributed by atoms with van der Waals surface area (Å²) in [5, 5.41) is 0. The van der Waals surface area contributed by atoms with Crippen LogP contribution in [0.1, 0.15) is 5.56 Å². The van der Waals surface area contributed by atoms with E-state index in [4.69, 9.17) is 23.9 Å². The third-order valence-electron chi connectivity index (χ3n) is 6.22. The molecule has 192 valence electrons. The molecule has 0 radical (unpaired) electrons. The molecular formula is C31H27FN2O4. The molecule has 0 bridgehead atoms. The third-order valence-corrected chi connectivity index (χ3v) is 6.22. The topological polar surface area (TPSA) is 54.7 Å². The third kappa shape index (κ3) is 5.04. The number of ether oxygens (including phenoxy) is 4. The zero-order valence-electron chi connectivity index (χ0n) is 21.4. The molecule has 0 unspecified atom stereocenters. The molecule has 0 aliphatic heterocycles. The van der Waals surface area contributed by atoms with Crippen LogP contribution in [0.15, 0.2) is 97.3 Å². The Labute approximate surface area is 220 Å². The number of nitrogens with zero attached hydrogens (tertiary/aromatic N) is 2. The van der Waals surface area contributed by atoms with Gasteiger partial charge in [-0.2, -0.15) is 0 Å². The minimum absolute atomic E-state index is 0.172. The lowest BCUT2D eigenvalue weighted by atomic mass is 10.0. The zero-order valence-corrected chi connectivity index (χ0v) is 21.4. The van der Waals surface area contributed by atoms with E-state index >= 15 is 0 Å². The highest BCUT2D eigenvalue weighted by atomic mass is 19.1. The predicted octanol–water partition coefficient (Wildman–Crippen LogP) is 6.95. The second kappa shape index (κ2) is 11.1. The lowest BCUT2D eigenvalue weighted by Gasteiger charge is -2.15. The first-order valence-electron chi connectivity index (χ1n) is 12.0. The van der Waals surface area contributed by atoms with Crippen molar-refractivity contribution in [2.45, 2.75) is 6.61 Å². The number of halogens is 1. The maximum absolute atomic E-state index is 14.7. The van der Waals surface area contributed by atoms with Crippen molar-refractivity contribution < 1.29 is 23.3 Å². The molecule has 38 heavy (non-hydrogen) atoms. The van der Waals surface area contributed by atoms with Gasteiger partial charge >= 0.3 is 0 Å². The van der Waals surface area contributed by atoms with E-state index in [1.54, 1.807) is 32.7 Å². The Morgan fingerprint density at radius 1 is 0.711 bits per heavy atom. The first-order valence-corrected chi connectivity index (χ1v) is 12.0. The van der Waals surface area contributed by atoms with Crippen molar-refractivity contribution in [3.8, 4) is 51.2 Å². The van der Waals surface area contributed by atoms with Crippen molar-refractivity contribution in [1.82, 2.24) is 9.55 Å². The van der Waals surface area contributed by atoms with Gasteiger partial charge in [-0.05, 0) is 66.2 Å². The van der Waals surface area contributed by atoms with E-state index in [1.807, 2.05) is 77.4 Å². The quantitative estimate of drug-likeness (QED) is 0.215. The summed E-state index contributed by atoms with van der Waals surface area (Å²) < 4.78 is 38.8. The number of benzene rings is 4. The average Bonchev–Trinajstić information content (AvgIpc) is 3.41. The minimum atomic E-state index is -0.462. The molecular weight excluding hydrogens is 483 g/mol. The highest BCUT2D eigenvalue weighted by Gasteiger charge is 2.20. The lowest BCUT2D eigenvalue weighted by molar-refractivity contribution is 0.284. The van der Waals surface area contributed by atoms with Gasteiger partial charge in [-0.3, -0.25) is 4.57 Å². The standard InChI is InChI=1S/C31H27FN2O4/c1-35-25-13-11-24(12-14-25)34-20-33-30(22-9-15-27(36-2)26(32)17-22)31(34)23-10-16-28(37-3)29(18-23)38-19-21-7-5-4-6-8-21/h4-18,20H,19H2,1-3H3. The lowest BCUT2D eigenvalue weighted by Crippen LogP contribution is -2.00. The number of methoxy groups -OCH3 is 3. The second-order valence-electron chi connectivity index (χ2n) is 8.50.